The summed E-state index contributed by atoms with van der Waals surface area (Å²) in [5, 5.41) is 11.9. The van der Waals surface area contributed by atoms with Gasteiger partial charge in [0.1, 0.15) is 5.75 Å². The van der Waals surface area contributed by atoms with Crippen molar-refractivity contribution in [1.29, 1.82) is 0 Å². The van der Waals surface area contributed by atoms with Gasteiger partial charge in [0, 0.05) is 37.4 Å². The topological polar surface area (TPSA) is 65.0 Å². The smallest absolute Gasteiger partial charge is 0.321 e. The molecule has 1 aliphatic heterocycles. The van der Waals surface area contributed by atoms with E-state index >= 15 is 0 Å². The molecule has 0 unspecified atom stereocenters. The van der Waals surface area contributed by atoms with Crippen LogP contribution in [0.25, 0.3) is 0 Å². The van der Waals surface area contributed by atoms with Gasteiger partial charge in [0.05, 0.1) is 13.7 Å². The van der Waals surface area contributed by atoms with Crippen LogP contribution in [0.5, 0.6) is 5.75 Å². The van der Waals surface area contributed by atoms with Crippen LogP contribution in [0, 0.1) is 0 Å². The maximum Gasteiger partial charge on any atom is 0.321 e. The first-order chi connectivity index (χ1) is 10.6. The van der Waals surface area contributed by atoms with E-state index in [1.807, 2.05) is 30.1 Å². The Morgan fingerprint density at radius 2 is 2.18 bits per heavy atom. The highest BCUT2D eigenvalue weighted by atomic mass is 16.5. The fourth-order valence-electron chi connectivity index (χ4n) is 2.75. The maximum atomic E-state index is 12.3. The second-order valence-corrected chi connectivity index (χ2v) is 5.58. The molecule has 1 heterocycles. The van der Waals surface area contributed by atoms with Crippen molar-refractivity contribution in [2.45, 2.75) is 18.9 Å². The average Bonchev–Trinajstić information content (AvgIpc) is 2.55. The molecule has 0 atom stereocenters. The first kappa shape index (κ1) is 16.6. The number of ether oxygens (including phenoxy) is 1. The van der Waals surface area contributed by atoms with E-state index in [-0.39, 0.29) is 12.6 Å². The van der Waals surface area contributed by atoms with Gasteiger partial charge in [-0.25, -0.2) is 4.79 Å². The van der Waals surface area contributed by atoms with Gasteiger partial charge in [-0.05, 0) is 32.0 Å². The van der Waals surface area contributed by atoms with E-state index in [2.05, 4.69) is 10.2 Å². The van der Waals surface area contributed by atoms with Gasteiger partial charge in [0.25, 0.3) is 0 Å². The highest BCUT2D eigenvalue weighted by Gasteiger charge is 2.25. The van der Waals surface area contributed by atoms with E-state index in [0.717, 1.165) is 37.4 Å². The van der Waals surface area contributed by atoms with Gasteiger partial charge >= 0.3 is 6.03 Å². The van der Waals surface area contributed by atoms with Gasteiger partial charge in [-0.1, -0.05) is 6.07 Å². The van der Waals surface area contributed by atoms with Crippen molar-refractivity contribution in [2.75, 3.05) is 45.7 Å². The lowest BCUT2D eigenvalue weighted by Crippen LogP contribution is -2.47. The number of hydrogen-bond acceptors (Lipinski definition) is 4. The standard InChI is InChI=1S/C16H25N3O3/c1-18(10-11-20)14-6-8-19(9-7-14)16(21)17-13-4-3-5-15(12-13)22-2/h3-5,12,14,20H,6-11H2,1-2H3,(H,17,21). The molecule has 0 aromatic heterocycles. The monoisotopic (exact) mass is 307 g/mol. The van der Waals surface area contributed by atoms with Gasteiger partial charge in [-0.15, -0.1) is 0 Å². The molecule has 0 radical (unpaired) electrons. The molecule has 6 heteroatoms. The van der Waals surface area contributed by atoms with Crippen molar-refractivity contribution >= 4 is 11.7 Å². The van der Waals surface area contributed by atoms with E-state index in [0.29, 0.717) is 12.6 Å². The number of urea groups is 1. The zero-order valence-electron chi connectivity index (χ0n) is 13.3. The largest absolute Gasteiger partial charge is 0.497 e. The molecule has 0 saturated carbocycles. The van der Waals surface area contributed by atoms with Crippen molar-refractivity contribution in [3.8, 4) is 5.75 Å². The molecule has 0 spiro atoms. The van der Waals surface area contributed by atoms with Crippen LogP contribution in [0.15, 0.2) is 24.3 Å². The Kier molecular flexibility index (Phi) is 6.03. The lowest BCUT2D eigenvalue weighted by atomic mass is 10.0. The zero-order valence-corrected chi connectivity index (χ0v) is 13.3. The van der Waals surface area contributed by atoms with Crippen LogP contribution >= 0.6 is 0 Å². The van der Waals surface area contributed by atoms with Crippen molar-refractivity contribution in [3.63, 3.8) is 0 Å². The zero-order chi connectivity index (χ0) is 15.9. The lowest BCUT2D eigenvalue weighted by Gasteiger charge is -2.36. The van der Waals surface area contributed by atoms with Crippen LogP contribution in [0.1, 0.15) is 12.8 Å². The van der Waals surface area contributed by atoms with E-state index in [1.54, 1.807) is 13.2 Å². The molecule has 1 aliphatic rings. The predicted molar refractivity (Wildman–Crippen MR) is 86.3 cm³/mol. The van der Waals surface area contributed by atoms with Gasteiger partial charge in [0.15, 0.2) is 0 Å². The Hall–Kier alpha value is -1.79. The van der Waals surface area contributed by atoms with Gasteiger partial charge in [0.2, 0.25) is 0 Å². The van der Waals surface area contributed by atoms with E-state index in [4.69, 9.17) is 9.84 Å². The number of nitrogens with one attached hydrogen (secondary N) is 1. The summed E-state index contributed by atoms with van der Waals surface area (Å²) in [5.74, 6) is 0.724. The summed E-state index contributed by atoms with van der Waals surface area (Å²) in [6.45, 7) is 2.32. The Balaban J connectivity index is 1.84. The third kappa shape index (κ3) is 4.35. The van der Waals surface area contributed by atoms with Crippen LogP contribution in [0.3, 0.4) is 0 Å². The van der Waals surface area contributed by atoms with Crippen LogP contribution in [0.2, 0.25) is 0 Å². The molecule has 6 nitrogen and oxygen atoms in total. The Morgan fingerprint density at radius 3 is 2.82 bits per heavy atom. The summed E-state index contributed by atoms with van der Waals surface area (Å²) in [6.07, 6.45) is 1.87. The minimum atomic E-state index is -0.0727. The summed E-state index contributed by atoms with van der Waals surface area (Å²) >= 11 is 0. The van der Waals surface area contributed by atoms with Crippen LogP contribution in [-0.2, 0) is 0 Å². The number of rotatable bonds is 5. The minimum absolute atomic E-state index is 0.0727. The highest BCUT2D eigenvalue weighted by molar-refractivity contribution is 5.89. The number of benzene rings is 1. The summed E-state index contributed by atoms with van der Waals surface area (Å²) in [6, 6.07) is 7.72. The van der Waals surface area contributed by atoms with Crippen LogP contribution in [0.4, 0.5) is 10.5 Å². The number of likely N-dealkylation sites (N-methyl/N-ethyl adjacent to an activating group) is 1. The van der Waals surface area contributed by atoms with Crippen molar-refractivity contribution < 1.29 is 14.6 Å². The quantitative estimate of drug-likeness (QED) is 0.867. The summed E-state index contributed by atoms with van der Waals surface area (Å²) in [5.41, 5.74) is 0.740. The number of likely N-dealkylation sites (tertiary alicyclic amines) is 1. The van der Waals surface area contributed by atoms with Gasteiger partial charge in [-0.3, -0.25) is 0 Å². The predicted octanol–water partition coefficient (Wildman–Crippen LogP) is 1.62. The number of carbonyl (C=O) groups excluding carboxylic acids is 1. The first-order valence-electron chi connectivity index (χ1n) is 7.65. The summed E-state index contributed by atoms with van der Waals surface area (Å²) in [4.78, 5) is 16.3. The number of nitrogens with zero attached hydrogens (tertiary/aromatic N) is 2. The number of amides is 2. The molecular weight excluding hydrogens is 282 g/mol. The van der Waals surface area contributed by atoms with E-state index in [1.165, 1.54) is 0 Å². The molecule has 2 rings (SSSR count). The molecule has 1 aromatic rings. The molecular formula is C16H25N3O3. The summed E-state index contributed by atoms with van der Waals surface area (Å²) < 4.78 is 5.15. The fraction of sp³-hybridized carbons (Fsp3) is 0.562. The number of carbonyl (C=O) groups is 1. The molecule has 1 saturated heterocycles. The molecule has 2 N–H and O–H groups in total. The van der Waals surface area contributed by atoms with Crippen molar-refractivity contribution in [1.82, 2.24) is 9.80 Å². The number of aliphatic hydroxyl groups excluding tert-OH is 1. The third-order valence-corrected chi connectivity index (χ3v) is 4.15. The second kappa shape index (κ2) is 8.00. The summed E-state index contributed by atoms with van der Waals surface area (Å²) in [7, 11) is 3.63. The van der Waals surface area contributed by atoms with Crippen molar-refractivity contribution in [3.05, 3.63) is 24.3 Å². The molecule has 1 aromatic carbocycles. The van der Waals surface area contributed by atoms with E-state index < -0.39 is 0 Å². The van der Waals surface area contributed by atoms with E-state index in [9.17, 15) is 4.79 Å². The number of piperidine rings is 1. The van der Waals surface area contributed by atoms with Gasteiger partial charge < -0.3 is 25.0 Å². The molecule has 1 fully saturated rings. The highest BCUT2D eigenvalue weighted by Crippen LogP contribution is 2.19. The number of hydrogen-bond donors (Lipinski definition) is 2. The van der Waals surface area contributed by atoms with Crippen LogP contribution < -0.4 is 10.1 Å². The molecule has 0 bridgehead atoms. The Bertz CT molecular complexity index is 487. The Labute approximate surface area is 131 Å². The fourth-order valence-corrected chi connectivity index (χ4v) is 2.75. The molecule has 22 heavy (non-hydrogen) atoms. The number of anilines is 1. The minimum Gasteiger partial charge on any atom is -0.497 e. The average molecular weight is 307 g/mol. The van der Waals surface area contributed by atoms with Crippen molar-refractivity contribution in [2.24, 2.45) is 0 Å². The third-order valence-electron chi connectivity index (χ3n) is 4.15. The number of methoxy groups -OCH3 is 1. The normalized spacial score (nSPS) is 15.9. The Morgan fingerprint density at radius 1 is 1.45 bits per heavy atom. The first-order valence-corrected chi connectivity index (χ1v) is 7.65. The molecule has 2 amide bonds. The second-order valence-electron chi connectivity index (χ2n) is 5.58. The lowest BCUT2D eigenvalue weighted by molar-refractivity contribution is 0.123. The maximum absolute atomic E-state index is 12.3. The SMILES string of the molecule is COc1cccc(NC(=O)N2CCC(N(C)CCO)CC2)c1. The van der Waals surface area contributed by atoms with Gasteiger partial charge in [-0.2, -0.15) is 0 Å². The molecule has 0 aliphatic carbocycles. The van der Waals surface area contributed by atoms with Crippen LogP contribution in [-0.4, -0.2) is 67.4 Å². The molecule has 122 valence electrons. The number of aliphatic hydroxyl groups is 1.